The van der Waals surface area contributed by atoms with Crippen LogP contribution in [0.25, 0.3) is 0 Å². The summed E-state index contributed by atoms with van der Waals surface area (Å²) in [6, 6.07) is 5.86. The first-order chi connectivity index (χ1) is 12.2. The number of benzene rings is 1. The van der Waals surface area contributed by atoms with E-state index < -0.39 is 11.6 Å². The summed E-state index contributed by atoms with van der Waals surface area (Å²) in [7, 11) is 0. The Morgan fingerprint density at radius 1 is 1.08 bits per heavy atom. The highest BCUT2D eigenvalue weighted by Gasteiger charge is 2.50. The Hall–Kier alpha value is -0.700. The first-order valence-corrected chi connectivity index (χ1v) is 9.71. The van der Waals surface area contributed by atoms with Crippen molar-refractivity contribution in [2.75, 3.05) is 65.8 Å². The zero-order chi connectivity index (χ0) is 17.3. The van der Waals surface area contributed by atoms with Crippen LogP contribution < -0.4 is 4.74 Å². The van der Waals surface area contributed by atoms with E-state index in [1.54, 1.807) is 0 Å². The molecular formula is C18H25BrN2O4. The molecule has 6 nitrogen and oxygen atoms in total. The van der Waals surface area contributed by atoms with Crippen molar-refractivity contribution in [1.29, 1.82) is 0 Å². The average molecular weight is 413 g/mol. The van der Waals surface area contributed by atoms with E-state index in [-0.39, 0.29) is 0 Å². The van der Waals surface area contributed by atoms with Gasteiger partial charge >= 0.3 is 0 Å². The number of hydrogen-bond donors (Lipinski definition) is 1. The lowest BCUT2D eigenvalue weighted by molar-refractivity contribution is -0.125. The van der Waals surface area contributed by atoms with Crippen molar-refractivity contribution in [2.24, 2.45) is 0 Å². The molecule has 3 heterocycles. The molecule has 3 aliphatic heterocycles. The van der Waals surface area contributed by atoms with E-state index >= 15 is 0 Å². The second kappa shape index (κ2) is 7.50. The molecule has 2 fully saturated rings. The molecule has 0 spiro atoms. The van der Waals surface area contributed by atoms with E-state index in [0.717, 1.165) is 61.7 Å². The minimum atomic E-state index is -0.602. The second-order valence-electron chi connectivity index (χ2n) is 6.96. The van der Waals surface area contributed by atoms with Crippen LogP contribution in [0.5, 0.6) is 5.75 Å². The van der Waals surface area contributed by atoms with Crippen LogP contribution in [-0.4, -0.2) is 86.2 Å². The zero-order valence-corrected chi connectivity index (χ0v) is 15.9. The lowest BCUT2D eigenvalue weighted by atomic mass is 9.83. The van der Waals surface area contributed by atoms with E-state index in [0.29, 0.717) is 19.8 Å². The number of hydrogen-bond acceptors (Lipinski definition) is 6. The predicted octanol–water partition coefficient (Wildman–Crippen LogP) is 1.28. The fraction of sp³-hybridized carbons (Fsp3) is 0.667. The summed E-state index contributed by atoms with van der Waals surface area (Å²) in [6.07, 6.45) is -0.602. The van der Waals surface area contributed by atoms with Gasteiger partial charge in [0, 0.05) is 42.8 Å². The Morgan fingerprint density at radius 2 is 1.76 bits per heavy atom. The number of rotatable bonds is 3. The van der Waals surface area contributed by atoms with Crippen LogP contribution in [-0.2, 0) is 9.47 Å². The number of nitrogens with zero attached hydrogens (tertiary/aromatic N) is 2. The van der Waals surface area contributed by atoms with E-state index in [1.165, 1.54) is 0 Å². The predicted molar refractivity (Wildman–Crippen MR) is 97.0 cm³/mol. The summed E-state index contributed by atoms with van der Waals surface area (Å²) in [6.45, 7) is 7.56. The van der Waals surface area contributed by atoms with Gasteiger partial charge in [0.2, 0.25) is 0 Å². The summed E-state index contributed by atoms with van der Waals surface area (Å²) >= 11 is 3.52. The van der Waals surface area contributed by atoms with Crippen LogP contribution >= 0.6 is 15.9 Å². The van der Waals surface area contributed by atoms with Gasteiger partial charge in [-0.3, -0.25) is 9.80 Å². The van der Waals surface area contributed by atoms with Gasteiger partial charge in [0.25, 0.3) is 0 Å². The Kier molecular flexibility index (Phi) is 5.31. The molecular weight excluding hydrogens is 388 g/mol. The normalized spacial score (nSPS) is 31.4. The molecule has 0 radical (unpaired) electrons. The molecule has 0 amide bonds. The lowest BCUT2D eigenvalue weighted by Gasteiger charge is -2.52. The highest BCUT2D eigenvalue weighted by atomic mass is 79.9. The fourth-order valence-corrected chi connectivity index (χ4v) is 4.47. The van der Waals surface area contributed by atoms with Crippen molar-refractivity contribution in [3.8, 4) is 5.75 Å². The standard InChI is InChI=1S/C18H25BrN2O4/c19-14-1-2-16-15(11-14)17(22)18(13-25-16,21-5-9-24-10-6-21)12-20-3-7-23-8-4-20/h1-2,11,17,22H,3-10,12-13H2/t17-,18+/m0/s1. The van der Waals surface area contributed by atoms with Gasteiger partial charge in [-0.1, -0.05) is 15.9 Å². The minimum Gasteiger partial charge on any atom is -0.491 e. The van der Waals surface area contributed by atoms with Gasteiger partial charge in [0.1, 0.15) is 18.5 Å². The maximum Gasteiger partial charge on any atom is 0.125 e. The van der Waals surface area contributed by atoms with Crippen LogP contribution in [0.1, 0.15) is 11.7 Å². The number of morpholine rings is 2. The number of aliphatic hydroxyl groups excluding tert-OH is 1. The van der Waals surface area contributed by atoms with Crippen LogP contribution in [0.4, 0.5) is 0 Å². The SMILES string of the molecule is O[C@H]1c2cc(Br)ccc2OC[C@@]1(CN1CCOCC1)N1CCOCC1. The Labute approximate surface area is 156 Å². The van der Waals surface area contributed by atoms with Gasteiger partial charge in [-0.05, 0) is 18.2 Å². The zero-order valence-electron chi connectivity index (χ0n) is 14.3. The Bertz CT molecular complexity index is 605. The molecule has 1 aromatic carbocycles. The van der Waals surface area contributed by atoms with E-state index in [2.05, 4.69) is 25.7 Å². The molecule has 25 heavy (non-hydrogen) atoms. The highest BCUT2D eigenvalue weighted by molar-refractivity contribution is 9.10. The van der Waals surface area contributed by atoms with Crippen LogP contribution in [0.15, 0.2) is 22.7 Å². The topological polar surface area (TPSA) is 54.4 Å². The van der Waals surface area contributed by atoms with Crippen molar-refractivity contribution < 1.29 is 19.3 Å². The smallest absolute Gasteiger partial charge is 0.125 e. The van der Waals surface area contributed by atoms with Gasteiger partial charge < -0.3 is 19.3 Å². The number of aliphatic hydroxyl groups is 1. The molecule has 2 saturated heterocycles. The molecule has 0 bridgehead atoms. The molecule has 0 unspecified atom stereocenters. The summed E-state index contributed by atoms with van der Waals surface area (Å²) in [5.74, 6) is 0.779. The number of halogens is 1. The quantitative estimate of drug-likeness (QED) is 0.806. The van der Waals surface area contributed by atoms with Gasteiger partial charge in [0.05, 0.1) is 32.0 Å². The molecule has 4 rings (SSSR count). The van der Waals surface area contributed by atoms with Crippen molar-refractivity contribution >= 4 is 15.9 Å². The second-order valence-corrected chi connectivity index (χ2v) is 7.88. The molecule has 0 aliphatic carbocycles. The summed E-state index contributed by atoms with van der Waals surface area (Å²) in [4.78, 5) is 4.75. The van der Waals surface area contributed by atoms with Crippen LogP contribution in [0, 0.1) is 0 Å². The third-order valence-electron chi connectivity index (χ3n) is 5.50. The Morgan fingerprint density at radius 3 is 2.48 bits per heavy atom. The largest absolute Gasteiger partial charge is 0.491 e. The van der Waals surface area contributed by atoms with Crippen molar-refractivity contribution in [3.05, 3.63) is 28.2 Å². The molecule has 2 atom stereocenters. The first-order valence-electron chi connectivity index (χ1n) is 8.92. The molecule has 0 aromatic heterocycles. The molecule has 1 aromatic rings. The van der Waals surface area contributed by atoms with Gasteiger partial charge in [-0.2, -0.15) is 0 Å². The maximum atomic E-state index is 11.4. The Balaban J connectivity index is 1.67. The lowest BCUT2D eigenvalue weighted by Crippen LogP contribution is -2.66. The fourth-order valence-electron chi connectivity index (χ4n) is 4.09. The summed E-state index contributed by atoms with van der Waals surface area (Å²) in [5, 5.41) is 11.4. The monoisotopic (exact) mass is 412 g/mol. The third kappa shape index (κ3) is 3.46. The third-order valence-corrected chi connectivity index (χ3v) is 5.99. The minimum absolute atomic E-state index is 0.463. The van der Waals surface area contributed by atoms with E-state index in [4.69, 9.17) is 14.2 Å². The number of fused-ring (bicyclic) bond motifs is 1. The molecule has 0 saturated carbocycles. The van der Waals surface area contributed by atoms with Crippen molar-refractivity contribution in [2.45, 2.75) is 11.6 Å². The highest BCUT2D eigenvalue weighted by Crippen LogP contribution is 2.43. The van der Waals surface area contributed by atoms with Gasteiger partial charge in [0.15, 0.2) is 0 Å². The number of ether oxygens (including phenoxy) is 3. The van der Waals surface area contributed by atoms with E-state index in [9.17, 15) is 5.11 Å². The van der Waals surface area contributed by atoms with E-state index in [1.807, 2.05) is 18.2 Å². The van der Waals surface area contributed by atoms with Crippen LogP contribution in [0.2, 0.25) is 0 Å². The average Bonchev–Trinajstić information content (AvgIpc) is 2.66. The molecule has 7 heteroatoms. The van der Waals surface area contributed by atoms with Crippen molar-refractivity contribution in [1.82, 2.24) is 9.80 Å². The summed E-state index contributed by atoms with van der Waals surface area (Å²) < 4.78 is 18.1. The van der Waals surface area contributed by atoms with Gasteiger partial charge in [-0.15, -0.1) is 0 Å². The first kappa shape index (κ1) is 17.7. The van der Waals surface area contributed by atoms with Gasteiger partial charge in [-0.25, -0.2) is 0 Å². The molecule has 3 aliphatic rings. The van der Waals surface area contributed by atoms with Crippen LogP contribution in [0.3, 0.4) is 0 Å². The van der Waals surface area contributed by atoms with Crippen molar-refractivity contribution in [3.63, 3.8) is 0 Å². The summed E-state index contributed by atoms with van der Waals surface area (Å²) in [5.41, 5.74) is 0.398. The molecule has 1 N–H and O–H groups in total. The maximum absolute atomic E-state index is 11.4. The molecule has 138 valence electrons.